The van der Waals surface area contributed by atoms with Gasteiger partial charge in [0, 0.05) is 48.6 Å². The number of anilines is 3. The molecule has 7 heteroatoms. The molecule has 2 heterocycles. The van der Waals surface area contributed by atoms with Gasteiger partial charge in [0.15, 0.2) is 0 Å². The first-order chi connectivity index (χ1) is 15.0. The molecule has 2 aromatic carbocycles. The van der Waals surface area contributed by atoms with E-state index in [1.807, 2.05) is 35.2 Å². The molecular formula is C24H25N3O4. The van der Waals surface area contributed by atoms with Crippen molar-refractivity contribution in [2.24, 2.45) is 11.8 Å². The highest BCUT2D eigenvalue weighted by molar-refractivity contribution is 6.04. The zero-order chi connectivity index (χ0) is 21.5. The molecule has 0 aromatic heterocycles. The Morgan fingerprint density at radius 2 is 1.94 bits per heavy atom. The molecule has 0 bridgehead atoms. The second kappa shape index (κ2) is 7.72. The number of methoxy groups -OCH3 is 1. The van der Waals surface area contributed by atoms with Gasteiger partial charge in [0.05, 0.1) is 13.0 Å². The van der Waals surface area contributed by atoms with Gasteiger partial charge in [-0.25, -0.2) is 0 Å². The van der Waals surface area contributed by atoms with E-state index in [1.54, 1.807) is 24.1 Å². The van der Waals surface area contributed by atoms with E-state index in [9.17, 15) is 14.4 Å². The fourth-order valence-electron chi connectivity index (χ4n) is 4.41. The first-order valence-corrected chi connectivity index (χ1v) is 10.7. The predicted molar refractivity (Wildman–Crippen MR) is 117 cm³/mol. The number of benzene rings is 2. The number of carbonyl (C=O) groups excluding carboxylic acids is 3. The molecule has 1 aliphatic carbocycles. The summed E-state index contributed by atoms with van der Waals surface area (Å²) in [5.74, 6) is 0.419. The quantitative estimate of drug-likeness (QED) is 0.808. The maximum atomic E-state index is 12.7. The fourth-order valence-corrected chi connectivity index (χ4v) is 4.41. The summed E-state index contributed by atoms with van der Waals surface area (Å²) in [6, 6.07) is 13.0. The van der Waals surface area contributed by atoms with Gasteiger partial charge in [0.1, 0.15) is 5.75 Å². The van der Waals surface area contributed by atoms with Gasteiger partial charge in [-0.15, -0.1) is 0 Å². The molecule has 3 amide bonds. The summed E-state index contributed by atoms with van der Waals surface area (Å²) in [7, 11) is 1.58. The molecule has 2 aromatic rings. The molecule has 1 atom stereocenters. The number of rotatable bonds is 5. The lowest BCUT2D eigenvalue weighted by Crippen LogP contribution is -2.30. The minimum Gasteiger partial charge on any atom is -0.497 e. The van der Waals surface area contributed by atoms with Crippen LogP contribution in [0.2, 0.25) is 0 Å². The molecule has 1 saturated carbocycles. The van der Waals surface area contributed by atoms with Crippen LogP contribution in [0.4, 0.5) is 17.1 Å². The number of hydrogen-bond donors (Lipinski definition) is 1. The number of fused-ring (bicyclic) bond motifs is 1. The van der Waals surface area contributed by atoms with E-state index in [4.69, 9.17) is 4.74 Å². The van der Waals surface area contributed by atoms with E-state index in [0.29, 0.717) is 24.5 Å². The fraction of sp³-hybridized carbons (Fsp3) is 0.375. The van der Waals surface area contributed by atoms with Crippen molar-refractivity contribution in [2.75, 3.05) is 35.3 Å². The molecule has 2 aliphatic heterocycles. The van der Waals surface area contributed by atoms with Crippen LogP contribution < -0.4 is 19.9 Å². The van der Waals surface area contributed by atoms with E-state index >= 15 is 0 Å². The normalized spacial score (nSPS) is 20.0. The number of amides is 3. The van der Waals surface area contributed by atoms with Gasteiger partial charge in [-0.3, -0.25) is 14.4 Å². The molecule has 160 valence electrons. The topological polar surface area (TPSA) is 79.0 Å². The Bertz CT molecular complexity index is 1060. The largest absolute Gasteiger partial charge is 0.497 e. The van der Waals surface area contributed by atoms with Gasteiger partial charge in [0.25, 0.3) is 0 Å². The van der Waals surface area contributed by atoms with Gasteiger partial charge in [0.2, 0.25) is 17.7 Å². The van der Waals surface area contributed by atoms with Crippen molar-refractivity contribution in [2.45, 2.75) is 25.7 Å². The average molecular weight is 419 g/mol. The molecule has 2 fully saturated rings. The predicted octanol–water partition coefficient (Wildman–Crippen LogP) is 2.99. The molecule has 0 spiro atoms. The summed E-state index contributed by atoms with van der Waals surface area (Å²) in [5.41, 5.74) is 3.48. The van der Waals surface area contributed by atoms with Crippen LogP contribution in [0.1, 0.15) is 24.8 Å². The molecule has 7 nitrogen and oxygen atoms in total. The van der Waals surface area contributed by atoms with Crippen molar-refractivity contribution in [3.63, 3.8) is 0 Å². The van der Waals surface area contributed by atoms with Crippen LogP contribution in [0, 0.1) is 11.8 Å². The van der Waals surface area contributed by atoms with Gasteiger partial charge >= 0.3 is 0 Å². The third-order valence-corrected chi connectivity index (χ3v) is 6.30. The van der Waals surface area contributed by atoms with E-state index < -0.39 is 5.92 Å². The van der Waals surface area contributed by atoms with E-state index in [1.165, 1.54) is 0 Å². The zero-order valence-corrected chi connectivity index (χ0v) is 17.5. The van der Waals surface area contributed by atoms with Gasteiger partial charge in [-0.1, -0.05) is 6.07 Å². The molecular weight excluding hydrogens is 394 g/mol. The maximum absolute atomic E-state index is 12.7. The summed E-state index contributed by atoms with van der Waals surface area (Å²) in [4.78, 5) is 41.5. The number of hydrogen-bond acceptors (Lipinski definition) is 4. The summed E-state index contributed by atoms with van der Waals surface area (Å²) < 4.78 is 5.19. The monoisotopic (exact) mass is 419 g/mol. The number of nitrogens with zero attached hydrogens (tertiary/aromatic N) is 2. The van der Waals surface area contributed by atoms with Gasteiger partial charge in [-0.2, -0.15) is 0 Å². The van der Waals surface area contributed by atoms with Crippen LogP contribution in [0.15, 0.2) is 42.5 Å². The minimum absolute atomic E-state index is 0.0605. The van der Waals surface area contributed by atoms with Crippen LogP contribution in [-0.4, -0.2) is 37.9 Å². The lowest BCUT2D eigenvalue weighted by atomic mass is 10.1. The highest BCUT2D eigenvalue weighted by atomic mass is 16.5. The van der Waals surface area contributed by atoms with Crippen molar-refractivity contribution in [1.29, 1.82) is 0 Å². The second-order valence-corrected chi connectivity index (χ2v) is 8.45. The van der Waals surface area contributed by atoms with Crippen LogP contribution >= 0.6 is 0 Å². The molecule has 0 radical (unpaired) electrons. The Morgan fingerprint density at radius 3 is 2.71 bits per heavy atom. The molecule has 1 unspecified atom stereocenters. The number of nitrogens with one attached hydrogen (secondary N) is 1. The summed E-state index contributed by atoms with van der Waals surface area (Å²) in [5, 5.41) is 2.89. The van der Waals surface area contributed by atoms with Gasteiger partial charge in [-0.05, 0) is 55.2 Å². The van der Waals surface area contributed by atoms with Crippen molar-refractivity contribution >= 4 is 34.8 Å². The summed E-state index contributed by atoms with van der Waals surface area (Å²) in [6.07, 6.45) is 2.96. The van der Waals surface area contributed by atoms with Crippen LogP contribution in [0.25, 0.3) is 0 Å². The Hall–Kier alpha value is -3.35. The molecule has 31 heavy (non-hydrogen) atoms. The average Bonchev–Trinajstić information content (AvgIpc) is 3.43. The van der Waals surface area contributed by atoms with Gasteiger partial charge < -0.3 is 19.9 Å². The number of carbonyl (C=O) groups is 3. The highest BCUT2D eigenvalue weighted by Gasteiger charge is 2.38. The molecule has 5 rings (SSSR count). The maximum Gasteiger partial charge on any atom is 0.230 e. The standard InChI is InChI=1S/C24H25N3O4/c1-31-20-4-2-3-18(13-20)25-23(29)17-12-22(28)27(14-17)19-7-8-21-16(11-19)9-10-26(21)24(30)15-5-6-15/h2-4,7-8,11,13,15,17H,5-6,9-10,12,14H2,1H3,(H,25,29). The van der Waals surface area contributed by atoms with Crippen LogP contribution in [0.3, 0.4) is 0 Å². The Labute approximate surface area is 181 Å². The Morgan fingerprint density at radius 1 is 1.10 bits per heavy atom. The van der Waals surface area contributed by atoms with Crippen LogP contribution in [-0.2, 0) is 20.8 Å². The third kappa shape index (κ3) is 3.76. The zero-order valence-electron chi connectivity index (χ0n) is 17.5. The summed E-state index contributed by atoms with van der Waals surface area (Å²) in [6.45, 7) is 1.05. The smallest absolute Gasteiger partial charge is 0.230 e. The Kier molecular flexibility index (Phi) is 4.88. The van der Waals surface area contributed by atoms with E-state index in [2.05, 4.69) is 5.32 Å². The minimum atomic E-state index is -0.417. The molecule has 1 saturated heterocycles. The van der Waals surface area contributed by atoms with E-state index in [-0.39, 0.29) is 30.1 Å². The van der Waals surface area contributed by atoms with Crippen molar-refractivity contribution in [3.05, 3.63) is 48.0 Å². The lowest BCUT2D eigenvalue weighted by molar-refractivity contribution is -0.122. The van der Waals surface area contributed by atoms with Crippen molar-refractivity contribution in [3.8, 4) is 5.75 Å². The highest BCUT2D eigenvalue weighted by Crippen LogP contribution is 2.38. The molecule has 3 aliphatic rings. The summed E-state index contributed by atoms with van der Waals surface area (Å²) >= 11 is 0. The van der Waals surface area contributed by atoms with Crippen molar-refractivity contribution < 1.29 is 19.1 Å². The first kappa shape index (κ1) is 19.6. The Balaban J connectivity index is 1.28. The number of ether oxygens (including phenoxy) is 1. The lowest BCUT2D eigenvalue weighted by Gasteiger charge is -2.20. The first-order valence-electron chi connectivity index (χ1n) is 10.7. The third-order valence-electron chi connectivity index (χ3n) is 6.30. The van der Waals surface area contributed by atoms with Crippen molar-refractivity contribution in [1.82, 2.24) is 0 Å². The SMILES string of the molecule is COc1cccc(NC(=O)C2CC(=O)N(c3ccc4c(c3)CCN4C(=O)C3CC3)C2)c1. The molecule has 1 N–H and O–H groups in total. The van der Waals surface area contributed by atoms with Crippen LogP contribution in [0.5, 0.6) is 5.75 Å². The van der Waals surface area contributed by atoms with E-state index in [0.717, 1.165) is 36.2 Å². The second-order valence-electron chi connectivity index (χ2n) is 8.45.